The third-order valence-corrected chi connectivity index (χ3v) is 3.25. The average molecular weight is 228 g/mol. The Morgan fingerprint density at radius 1 is 1.29 bits per heavy atom. The van der Waals surface area contributed by atoms with Crippen molar-refractivity contribution in [3.63, 3.8) is 0 Å². The van der Waals surface area contributed by atoms with Gasteiger partial charge in [0.2, 0.25) is 0 Å². The third-order valence-electron chi connectivity index (χ3n) is 3.25. The van der Waals surface area contributed by atoms with Crippen molar-refractivity contribution in [3.8, 4) is 0 Å². The smallest absolute Gasteiger partial charge is 0.154 e. The molecule has 0 saturated heterocycles. The minimum absolute atomic E-state index is 0.178. The Kier molecular flexibility index (Phi) is 2.65. The number of fused-ring (bicyclic) bond motifs is 1. The Morgan fingerprint density at radius 2 is 2.12 bits per heavy atom. The van der Waals surface area contributed by atoms with Gasteiger partial charge in [-0.05, 0) is 5.56 Å². The molecule has 4 nitrogen and oxygen atoms in total. The highest BCUT2D eigenvalue weighted by atomic mass is 15.3. The van der Waals surface area contributed by atoms with Crippen LogP contribution in [0, 0.1) is 0 Å². The summed E-state index contributed by atoms with van der Waals surface area (Å²) in [5, 5.41) is 12.1. The minimum atomic E-state index is 0.178. The Hall–Kier alpha value is -1.68. The standard InChI is InChI=1S/C13H16N4/c1-2-11-15-16-13-12(14-8-9-17(11)13)10-6-4-3-5-7-10/h3-7,12,14H,2,8-9H2,1H3. The molecular formula is C13H16N4. The fourth-order valence-electron chi connectivity index (χ4n) is 2.39. The van der Waals surface area contributed by atoms with E-state index >= 15 is 0 Å². The molecule has 1 atom stereocenters. The van der Waals surface area contributed by atoms with Gasteiger partial charge in [-0.3, -0.25) is 0 Å². The van der Waals surface area contributed by atoms with Crippen LogP contribution in [0.25, 0.3) is 0 Å². The van der Waals surface area contributed by atoms with Crippen LogP contribution < -0.4 is 5.32 Å². The number of nitrogens with one attached hydrogen (secondary N) is 1. The van der Waals surface area contributed by atoms with E-state index in [1.807, 2.05) is 6.07 Å². The van der Waals surface area contributed by atoms with Crippen molar-refractivity contribution >= 4 is 0 Å². The van der Waals surface area contributed by atoms with E-state index in [4.69, 9.17) is 0 Å². The van der Waals surface area contributed by atoms with Crippen molar-refractivity contribution < 1.29 is 0 Å². The van der Waals surface area contributed by atoms with Crippen molar-refractivity contribution in [1.29, 1.82) is 0 Å². The fraction of sp³-hybridized carbons (Fsp3) is 0.385. The second-order valence-electron chi connectivity index (χ2n) is 4.28. The molecule has 1 N–H and O–H groups in total. The SMILES string of the molecule is CCc1nnc2n1CCNC2c1ccccc1. The van der Waals surface area contributed by atoms with Gasteiger partial charge in [0.25, 0.3) is 0 Å². The topological polar surface area (TPSA) is 42.7 Å². The molecule has 0 fully saturated rings. The summed E-state index contributed by atoms with van der Waals surface area (Å²) in [5.41, 5.74) is 1.25. The Labute approximate surface area is 101 Å². The fourth-order valence-corrected chi connectivity index (χ4v) is 2.39. The first-order chi connectivity index (χ1) is 8.40. The van der Waals surface area contributed by atoms with Crippen LogP contribution in [0.15, 0.2) is 30.3 Å². The quantitative estimate of drug-likeness (QED) is 0.847. The summed E-state index contributed by atoms with van der Waals surface area (Å²) in [5.74, 6) is 2.13. The van der Waals surface area contributed by atoms with Gasteiger partial charge in [-0.2, -0.15) is 0 Å². The van der Waals surface area contributed by atoms with Crippen LogP contribution in [0.2, 0.25) is 0 Å². The molecular weight excluding hydrogens is 212 g/mol. The van der Waals surface area contributed by atoms with Crippen molar-refractivity contribution in [2.75, 3.05) is 6.54 Å². The molecule has 1 aliphatic rings. The lowest BCUT2D eigenvalue weighted by atomic mass is 10.1. The maximum Gasteiger partial charge on any atom is 0.154 e. The molecule has 1 aromatic heterocycles. The van der Waals surface area contributed by atoms with Crippen LogP contribution in [0.5, 0.6) is 0 Å². The van der Waals surface area contributed by atoms with Gasteiger partial charge in [0, 0.05) is 19.5 Å². The van der Waals surface area contributed by atoms with E-state index in [0.29, 0.717) is 0 Å². The van der Waals surface area contributed by atoms with Crippen LogP contribution >= 0.6 is 0 Å². The second-order valence-corrected chi connectivity index (χ2v) is 4.28. The van der Waals surface area contributed by atoms with Crippen molar-refractivity contribution in [3.05, 3.63) is 47.5 Å². The number of hydrogen-bond donors (Lipinski definition) is 1. The van der Waals surface area contributed by atoms with E-state index in [-0.39, 0.29) is 6.04 Å². The van der Waals surface area contributed by atoms with Gasteiger partial charge in [-0.1, -0.05) is 37.3 Å². The molecule has 88 valence electrons. The lowest BCUT2D eigenvalue weighted by Gasteiger charge is -2.25. The highest BCUT2D eigenvalue weighted by molar-refractivity contribution is 5.26. The van der Waals surface area contributed by atoms with Crippen LogP contribution in [0.1, 0.15) is 30.2 Å². The number of hydrogen-bond acceptors (Lipinski definition) is 3. The molecule has 3 rings (SSSR count). The molecule has 0 saturated carbocycles. The van der Waals surface area contributed by atoms with Crippen LogP contribution in [-0.2, 0) is 13.0 Å². The first-order valence-electron chi connectivity index (χ1n) is 6.10. The number of benzene rings is 1. The van der Waals surface area contributed by atoms with Crippen LogP contribution in [0.3, 0.4) is 0 Å². The van der Waals surface area contributed by atoms with Gasteiger partial charge in [0.1, 0.15) is 5.82 Å². The Morgan fingerprint density at radius 3 is 2.88 bits per heavy atom. The molecule has 0 bridgehead atoms. The highest BCUT2D eigenvalue weighted by Crippen LogP contribution is 2.23. The summed E-state index contributed by atoms with van der Waals surface area (Å²) in [6.07, 6.45) is 0.939. The van der Waals surface area contributed by atoms with Crippen molar-refractivity contribution in [2.45, 2.75) is 25.9 Å². The van der Waals surface area contributed by atoms with Gasteiger partial charge in [-0.15, -0.1) is 10.2 Å². The van der Waals surface area contributed by atoms with Crippen molar-refractivity contribution in [2.24, 2.45) is 0 Å². The number of rotatable bonds is 2. The lowest BCUT2D eigenvalue weighted by molar-refractivity contribution is 0.448. The Balaban J connectivity index is 2.03. The first kappa shape index (κ1) is 10.5. The molecule has 2 aromatic rings. The zero-order valence-corrected chi connectivity index (χ0v) is 9.93. The number of nitrogens with zero attached hydrogens (tertiary/aromatic N) is 3. The number of aryl methyl sites for hydroxylation is 1. The van der Waals surface area contributed by atoms with Gasteiger partial charge in [0.15, 0.2) is 5.82 Å². The lowest BCUT2D eigenvalue weighted by Crippen LogP contribution is -2.34. The summed E-state index contributed by atoms with van der Waals surface area (Å²) < 4.78 is 2.24. The monoisotopic (exact) mass is 228 g/mol. The Bertz CT molecular complexity index is 503. The van der Waals surface area contributed by atoms with E-state index in [1.54, 1.807) is 0 Å². The molecule has 4 heteroatoms. The van der Waals surface area contributed by atoms with Gasteiger partial charge >= 0.3 is 0 Å². The molecule has 0 spiro atoms. The predicted molar refractivity (Wildman–Crippen MR) is 65.7 cm³/mol. The summed E-state index contributed by atoms with van der Waals surface area (Å²) in [6.45, 7) is 4.06. The highest BCUT2D eigenvalue weighted by Gasteiger charge is 2.25. The minimum Gasteiger partial charge on any atom is -0.312 e. The second kappa shape index (κ2) is 4.30. The molecule has 17 heavy (non-hydrogen) atoms. The molecule has 2 heterocycles. The summed E-state index contributed by atoms with van der Waals surface area (Å²) >= 11 is 0. The van der Waals surface area contributed by atoms with Gasteiger partial charge in [-0.25, -0.2) is 0 Å². The molecule has 0 radical (unpaired) electrons. The first-order valence-corrected chi connectivity index (χ1v) is 6.10. The van der Waals surface area contributed by atoms with Crippen molar-refractivity contribution in [1.82, 2.24) is 20.1 Å². The summed E-state index contributed by atoms with van der Waals surface area (Å²) in [6, 6.07) is 10.6. The summed E-state index contributed by atoms with van der Waals surface area (Å²) in [7, 11) is 0. The van der Waals surface area contributed by atoms with E-state index < -0.39 is 0 Å². The van der Waals surface area contributed by atoms with Gasteiger partial charge in [0.05, 0.1) is 6.04 Å². The number of aromatic nitrogens is 3. The molecule has 1 aromatic carbocycles. The van der Waals surface area contributed by atoms with E-state index in [1.165, 1.54) is 5.56 Å². The third kappa shape index (κ3) is 1.74. The largest absolute Gasteiger partial charge is 0.312 e. The van der Waals surface area contributed by atoms with Crippen LogP contribution in [-0.4, -0.2) is 21.3 Å². The normalized spacial score (nSPS) is 19.0. The van der Waals surface area contributed by atoms with Gasteiger partial charge < -0.3 is 9.88 Å². The zero-order valence-electron chi connectivity index (χ0n) is 9.93. The van der Waals surface area contributed by atoms with E-state index in [0.717, 1.165) is 31.2 Å². The van der Waals surface area contributed by atoms with E-state index in [2.05, 4.69) is 51.3 Å². The average Bonchev–Trinajstić information content (AvgIpc) is 2.82. The molecule has 1 unspecified atom stereocenters. The zero-order chi connectivity index (χ0) is 11.7. The summed E-state index contributed by atoms with van der Waals surface area (Å²) in [4.78, 5) is 0. The molecule has 0 amide bonds. The van der Waals surface area contributed by atoms with E-state index in [9.17, 15) is 0 Å². The maximum atomic E-state index is 4.34. The molecule has 0 aliphatic carbocycles. The van der Waals surface area contributed by atoms with Crippen LogP contribution in [0.4, 0.5) is 0 Å². The molecule has 1 aliphatic heterocycles. The predicted octanol–water partition coefficient (Wildman–Crippen LogP) is 1.53. The maximum absolute atomic E-state index is 4.34.